The van der Waals surface area contributed by atoms with Crippen molar-refractivity contribution in [3.05, 3.63) is 53.4 Å². The summed E-state index contributed by atoms with van der Waals surface area (Å²) < 4.78 is 81.9. The largest absolute Gasteiger partial charge is 0.493 e. The van der Waals surface area contributed by atoms with Crippen molar-refractivity contribution in [3.8, 4) is 5.75 Å². The zero-order chi connectivity index (χ0) is 25.7. The van der Waals surface area contributed by atoms with Crippen molar-refractivity contribution in [1.29, 1.82) is 0 Å². The number of ether oxygens (including phenoxy) is 2. The Balaban J connectivity index is 1.81. The molecule has 1 aromatic heterocycles. The molecule has 1 aliphatic heterocycles. The van der Waals surface area contributed by atoms with Crippen LogP contribution in [-0.4, -0.2) is 41.8 Å². The molecule has 1 saturated carbocycles. The molecule has 4 atom stereocenters. The number of hydrogen-bond donors (Lipinski definition) is 2. The van der Waals surface area contributed by atoms with Gasteiger partial charge >= 0.3 is 6.18 Å². The normalized spacial score (nSPS) is 26.4. The summed E-state index contributed by atoms with van der Waals surface area (Å²) in [6.07, 6.45) is -4.49. The summed E-state index contributed by atoms with van der Waals surface area (Å²) in [7, 11) is 1.06. The first-order valence-electron chi connectivity index (χ1n) is 10.7. The molecular weight excluding hydrogens is 477 g/mol. The lowest BCUT2D eigenvalue weighted by Gasteiger charge is -2.34. The van der Waals surface area contributed by atoms with Crippen LogP contribution >= 0.6 is 0 Å². The number of carbonyl (C=O) groups excluding carboxylic acids is 2. The van der Waals surface area contributed by atoms with Crippen molar-refractivity contribution < 1.29 is 41.0 Å². The summed E-state index contributed by atoms with van der Waals surface area (Å²) >= 11 is 0. The monoisotopic (exact) mass is 499 g/mol. The second-order valence-corrected chi connectivity index (χ2v) is 8.80. The van der Waals surface area contributed by atoms with Crippen LogP contribution in [0.4, 0.5) is 27.6 Å². The van der Waals surface area contributed by atoms with E-state index in [1.54, 1.807) is 0 Å². The molecule has 4 rings (SSSR count). The average Bonchev–Trinajstić information content (AvgIpc) is 3.57. The average molecular weight is 499 g/mol. The number of alkyl halides is 3. The van der Waals surface area contributed by atoms with Crippen molar-refractivity contribution in [1.82, 2.24) is 4.98 Å². The van der Waals surface area contributed by atoms with Gasteiger partial charge in [0.2, 0.25) is 5.82 Å². The molecule has 0 spiro atoms. The van der Waals surface area contributed by atoms with Crippen LogP contribution < -0.4 is 15.8 Å². The van der Waals surface area contributed by atoms with Crippen LogP contribution in [0.5, 0.6) is 5.75 Å². The lowest BCUT2D eigenvalue weighted by molar-refractivity contribution is -0.275. The lowest BCUT2D eigenvalue weighted by atomic mass is 9.73. The highest BCUT2D eigenvalue weighted by atomic mass is 19.4. The van der Waals surface area contributed by atoms with Gasteiger partial charge in [-0.3, -0.25) is 14.6 Å². The molecule has 188 valence electrons. The van der Waals surface area contributed by atoms with E-state index in [0.29, 0.717) is 12.8 Å². The molecule has 7 nitrogen and oxygen atoms in total. The molecule has 35 heavy (non-hydrogen) atoms. The summed E-state index contributed by atoms with van der Waals surface area (Å²) in [5, 5.41) is 2.42. The quantitative estimate of drug-likeness (QED) is 0.587. The Kier molecular flexibility index (Phi) is 6.20. The van der Waals surface area contributed by atoms with Gasteiger partial charge in [0.1, 0.15) is 11.8 Å². The third kappa shape index (κ3) is 4.30. The Bertz CT molecular complexity index is 1170. The standard InChI is InChI=1S/C23H22F5N3O4/c1-22(23(26,27)28)16(10-3-4-10)15(12-5-6-13(24)17(25)18(12)34-2)19(35-22)21(33)31-11-7-8-30-14(9-11)20(29)32/h5-10,15-16,19H,3-4H2,1-2H3,(H2,29,32)(H,30,31,33)/t15-,16?,19-,22-/m1/s1. The van der Waals surface area contributed by atoms with E-state index < -0.39 is 64.8 Å². The first-order valence-corrected chi connectivity index (χ1v) is 10.7. The predicted octanol–water partition coefficient (Wildman–Crippen LogP) is 3.94. The van der Waals surface area contributed by atoms with Crippen LogP contribution in [0.3, 0.4) is 0 Å². The summed E-state index contributed by atoms with van der Waals surface area (Å²) in [4.78, 5) is 28.4. The van der Waals surface area contributed by atoms with Crippen molar-refractivity contribution in [2.24, 2.45) is 17.6 Å². The molecule has 2 heterocycles. The lowest BCUT2D eigenvalue weighted by Crippen LogP contribution is -2.49. The maximum atomic E-state index is 14.6. The molecule has 0 bridgehead atoms. The molecule has 1 saturated heterocycles. The maximum Gasteiger partial charge on any atom is 0.417 e. The molecule has 2 fully saturated rings. The van der Waals surface area contributed by atoms with Gasteiger partial charge in [-0.15, -0.1) is 0 Å². The summed E-state index contributed by atoms with van der Waals surface area (Å²) in [5.74, 6) is -8.09. The van der Waals surface area contributed by atoms with Crippen molar-refractivity contribution >= 4 is 17.5 Å². The number of primary amides is 1. The van der Waals surface area contributed by atoms with E-state index in [4.69, 9.17) is 15.2 Å². The summed E-state index contributed by atoms with van der Waals surface area (Å²) in [5.41, 5.74) is 2.21. The minimum absolute atomic E-state index is 0.0435. The number of nitrogens with zero attached hydrogens (tertiary/aromatic N) is 1. The van der Waals surface area contributed by atoms with E-state index in [2.05, 4.69) is 10.3 Å². The third-order valence-electron chi connectivity index (χ3n) is 6.60. The van der Waals surface area contributed by atoms with Gasteiger partial charge < -0.3 is 20.5 Å². The van der Waals surface area contributed by atoms with Gasteiger partial charge in [0.05, 0.1) is 7.11 Å². The van der Waals surface area contributed by atoms with Gasteiger partial charge in [-0.2, -0.15) is 17.6 Å². The number of rotatable bonds is 6. The molecule has 1 aromatic carbocycles. The molecule has 2 aromatic rings. The smallest absolute Gasteiger partial charge is 0.417 e. The number of aromatic nitrogens is 1. The molecule has 1 aliphatic carbocycles. The van der Waals surface area contributed by atoms with Gasteiger partial charge in [0, 0.05) is 29.3 Å². The Labute approximate surface area is 196 Å². The second-order valence-electron chi connectivity index (χ2n) is 8.80. The second kappa shape index (κ2) is 8.74. The fourth-order valence-corrected chi connectivity index (χ4v) is 4.85. The topological polar surface area (TPSA) is 104 Å². The molecule has 2 amide bonds. The number of benzene rings is 1. The highest BCUT2D eigenvalue weighted by molar-refractivity contribution is 5.97. The van der Waals surface area contributed by atoms with Crippen molar-refractivity contribution in [2.75, 3.05) is 12.4 Å². The van der Waals surface area contributed by atoms with Gasteiger partial charge in [-0.1, -0.05) is 6.07 Å². The van der Waals surface area contributed by atoms with Gasteiger partial charge in [0.15, 0.2) is 17.2 Å². The van der Waals surface area contributed by atoms with Crippen molar-refractivity contribution in [3.63, 3.8) is 0 Å². The number of methoxy groups -OCH3 is 1. The fraction of sp³-hybridized carbons (Fsp3) is 0.435. The van der Waals surface area contributed by atoms with E-state index in [1.807, 2.05) is 0 Å². The van der Waals surface area contributed by atoms with E-state index in [-0.39, 0.29) is 16.9 Å². The van der Waals surface area contributed by atoms with Crippen LogP contribution in [0.25, 0.3) is 0 Å². The fourth-order valence-electron chi connectivity index (χ4n) is 4.85. The molecule has 3 N–H and O–H groups in total. The summed E-state index contributed by atoms with van der Waals surface area (Å²) in [6, 6.07) is 4.36. The molecular formula is C23H22F5N3O4. The van der Waals surface area contributed by atoms with Crippen LogP contribution in [0.15, 0.2) is 30.5 Å². The minimum atomic E-state index is -4.87. The molecule has 0 radical (unpaired) electrons. The first-order chi connectivity index (χ1) is 16.4. The third-order valence-corrected chi connectivity index (χ3v) is 6.60. The van der Waals surface area contributed by atoms with Gasteiger partial charge in [0.25, 0.3) is 11.8 Å². The van der Waals surface area contributed by atoms with Crippen LogP contribution in [-0.2, 0) is 9.53 Å². The van der Waals surface area contributed by atoms with Gasteiger partial charge in [-0.05, 0) is 43.9 Å². The minimum Gasteiger partial charge on any atom is -0.493 e. The Morgan fingerprint density at radius 1 is 1.23 bits per heavy atom. The van der Waals surface area contributed by atoms with E-state index >= 15 is 0 Å². The number of nitrogens with two attached hydrogens (primary N) is 1. The summed E-state index contributed by atoms with van der Waals surface area (Å²) in [6.45, 7) is 0.861. The maximum absolute atomic E-state index is 14.6. The Hall–Kier alpha value is -3.28. The molecule has 1 unspecified atom stereocenters. The van der Waals surface area contributed by atoms with Gasteiger partial charge in [-0.25, -0.2) is 4.39 Å². The molecule has 12 heteroatoms. The van der Waals surface area contributed by atoms with E-state index in [1.165, 1.54) is 12.3 Å². The van der Waals surface area contributed by atoms with E-state index in [9.17, 15) is 31.5 Å². The number of nitrogens with one attached hydrogen (secondary N) is 1. The number of amides is 2. The number of hydrogen-bond acceptors (Lipinski definition) is 5. The van der Waals surface area contributed by atoms with Crippen LogP contribution in [0.1, 0.15) is 41.7 Å². The zero-order valence-electron chi connectivity index (χ0n) is 18.7. The Morgan fingerprint density at radius 2 is 1.91 bits per heavy atom. The SMILES string of the molecule is COc1c([C@@H]2C(C3CC3)[C@](C)(C(F)(F)F)O[C@H]2C(=O)Nc2ccnc(C(N)=O)c2)ccc(F)c1F. The highest BCUT2D eigenvalue weighted by Crippen LogP contribution is 2.62. The predicted molar refractivity (Wildman–Crippen MR) is 113 cm³/mol. The number of anilines is 1. The van der Waals surface area contributed by atoms with Crippen LogP contribution in [0, 0.1) is 23.5 Å². The number of carbonyl (C=O) groups is 2. The number of halogens is 5. The number of pyridine rings is 1. The van der Waals surface area contributed by atoms with Crippen molar-refractivity contribution in [2.45, 2.75) is 43.6 Å². The van der Waals surface area contributed by atoms with E-state index in [0.717, 1.165) is 32.2 Å². The van der Waals surface area contributed by atoms with Crippen LogP contribution in [0.2, 0.25) is 0 Å². The zero-order valence-corrected chi connectivity index (χ0v) is 18.7. The highest BCUT2D eigenvalue weighted by Gasteiger charge is 2.70. The Morgan fingerprint density at radius 3 is 2.49 bits per heavy atom. The first kappa shape index (κ1) is 24.8. The molecule has 2 aliphatic rings.